The first-order valence-electron chi connectivity index (χ1n) is 6.42. The van der Waals surface area contributed by atoms with Crippen molar-refractivity contribution < 1.29 is 23.8 Å². The summed E-state index contributed by atoms with van der Waals surface area (Å²) in [5.41, 5.74) is 0. The van der Waals surface area contributed by atoms with E-state index in [0.717, 1.165) is 12.8 Å². The summed E-state index contributed by atoms with van der Waals surface area (Å²) >= 11 is 0. The number of rotatable bonds is 8. The SMILES string of the molecule is CCCC(COC)NC(=O)NCc1ccc(C(=O)O)o1. The van der Waals surface area contributed by atoms with Crippen LogP contribution in [0.3, 0.4) is 0 Å². The third kappa shape index (κ3) is 5.31. The van der Waals surface area contributed by atoms with E-state index in [-0.39, 0.29) is 24.4 Å². The van der Waals surface area contributed by atoms with Crippen molar-refractivity contribution in [3.63, 3.8) is 0 Å². The number of hydrogen-bond donors (Lipinski definition) is 3. The molecule has 0 aliphatic heterocycles. The number of hydrogen-bond acceptors (Lipinski definition) is 4. The van der Waals surface area contributed by atoms with Crippen LogP contribution >= 0.6 is 0 Å². The van der Waals surface area contributed by atoms with Gasteiger partial charge in [-0.3, -0.25) is 0 Å². The van der Waals surface area contributed by atoms with E-state index >= 15 is 0 Å². The molecule has 0 fully saturated rings. The van der Waals surface area contributed by atoms with Crippen molar-refractivity contribution in [1.29, 1.82) is 0 Å². The zero-order valence-electron chi connectivity index (χ0n) is 11.6. The lowest BCUT2D eigenvalue weighted by Crippen LogP contribution is -2.43. The normalized spacial score (nSPS) is 11.9. The van der Waals surface area contributed by atoms with Gasteiger partial charge in [0, 0.05) is 7.11 Å². The Morgan fingerprint density at radius 1 is 1.45 bits per heavy atom. The molecule has 2 amide bonds. The highest BCUT2D eigenvalue weighted by Gasteiger charge is 2.12. The van der Waals surface area contributed by atoms with Crippen LogP contribution in [0.5, 0.6) is 0 Å². The van der Waals surface area contributed by atoms with Gasteiger partial charge in [0.2, 0.25) is 5.76 Å². The van der Waals surface area contributed by atoms with Gasteiger partial charge in [-0.1, -0.05) is 13.3 Å². The minimum atomic E-state index is -1.14. The number of ether oxygens (including phenoxy) is 1. The largest absolute Gasteiger partial charge is 0.475 e. The topological polar surface area (TPSA) is 101 Å². The fraction of sp³-hybridized carbons (Fsp3) is 0.538. The fourth-order valence-corrected chi connectivity index (χ4v) is 1.74. The molecule has 1 aromatic rings. The van der Waals surface area contributed by atoms with Crippen molar-refractivity contribution in [2.75, 3.05) is 13.7 Å². The molecular weight excluding hydrogens is 264 g/mol. The van der Waals surface area contributed by atoms with E-state index in [1.54, 1.807) is 7.11 Å². The van der Waals surface area contributed by atoms with Gasteiger partial charge in [-0.15, -0.1) is 0 Å². The second-order valence-electron chi connectivity index (χ2n) is 4.34. The van der Waals surface area contributed by atoms with Gasteiger partial charge in [-0.05, 0) is 18.6 Å². The molecular formula is C13H20N2O5. The van der Waals surface area contributed by atoms with Gasteiger partial charge in [-0.2, -0.15) is 0 Å². The Hall–Kier alpha value is -2.02. The number of carboxylic acid groups (broad SMARTS) is 1. The Labute approximate surface area is 117 Å². The summed E-state index contributed by atoms with van der Waals surface area (Å²) in [6.45, 7) is 2.61. The van der Waals surface area contributed by atoms with Gasteiger partial charge in [0.1, 0.15) is 5.76 Å². The average molecular weight is 284 g/mol. The standard InChI is InChI=1S/C13H20N2O5/c1-3-4-9(8-19-2)15-13(18)14-7-10-5-6-11(20-10)12(16)17/h5-6,9H,3-4,7-8H2,1-2H3,(H,16,17)(H2,14,15,18). The van der Waals surface area contributed by atoms with Gasteiger partial charge in [0.05, 0.1) is 19.2 Å². The lowest BCUT2D eigenvalue weighted by atomic mass is 10.2. The molecule has 0 bridgehead atoms. The van der Waals surface area contributed by atoms with Gasteiger partial charge in [-0.25, -0.2) is 9.59 Å². The fourth-order valence-electron chi connectivity index (χ4n) is 1.74. The molecule has 0 radical (unpaired) electrons. The molecule has 1 atom stereocenters. The van der Waals surface area contributed by atoms with Crippen LogP contribution in [0, 0.1) is 0 Å². The number of furan rings is 1. The number of carbonyl (C=O) groups is 2. The van der Waals surface area contributed by atoms with Crippen molar-refractivity contribution >= 4 is 12.0 Å². The average Bonchev–Trinajstić information content (AvgIpc) is 2.86. The molecule has 7 heteroatoms. The minimum absolute atomic E-state index is 0.0452. The van der Waals surface area contributed by atoms with Gasteiger partial charge >= 0.3 is 12.0 Å². The highest BCUT2D eigenvalue weighted by Crippen LogP contribution is 2.07. The summed E-state index contributed by atoms with van der Waals surface area (Å²) < 4.78 is 10.1. The third-order valence-corrected chi connectivity index (χ3v) is 2.64. The van der Waals surface area contributed by atoms with E-state index in [4.69, 9.17) is 14.3 Å². The summed E-state index contributed by atoms with van der Waals surface area (Å²) in [5, 5.41) is 14.1. The maximum Gasteiger partial charge on any atom is 0.371 e. The number of urea groups is 1. The Balaban J connectivity index is 2.39. The number of amides is 2. The molecule has 1 heterocycles. The van der Waals surface area contributed by atoms with Crippen LogP contribution in [0.25, 0.3) is 0 Å². The molecule has 0 aliphatic rings. The van der Waals surface area contributed by atoms with Crippen molar-refractivity contribution in [3.8, 4) is 0 Å². The molecule has 1 rings (SSSR count). The van der Waals surface area contributed by atoms with E-state index in [1.165, 1.54) is 12.1 Å². The van der Waals surface area contributed by atoms with Gasteiger partial charge < -0.3 is 24.9 Å². The Bertz CT molecular complexity index is 438. The first-order chi connectivity index (χ1) is 9.56. The number of nitrogens with one attached hydrogen (secondary N) is 2. The molecule has 0 spiro atoms. The minimum Gasteiger partial charge on any atom is -0.475 e. The monoisotopic (exact) mass is 284 g/mol. The predicted octanol–water partition coefficient (Wildman–Crippen LogP) is 1.59. The molecule has 0 saturated carbocycles. The summed E-state index contributed by atoms with van der Waals surface area (Å²) in [6, 6.07) is 2.48. The van der Waals surface area contributed by atoms with E-state index in [9.17, 15) is 9.59 Å². The van der Waals surface area contributed by atoms with Crippen molar-refractivity contribution in [2.24, 2.45) is 0 Å². The van der Waals surface area contributed by atoms with Crippen LogP contribution < -0.4 is 10.6 Å². The summed E-state index contributed by atoms with van der Waals surface area (Å²) in [7, 11) is 1.58. The van der Waals surface area contributed by atoms with Crippen molar-refractivity contribution in [1.82, 2.24) is 10.6 Å². The third-order valence-electron chi connectivity index (χ3n) is 2.64. The molecule has 20 heavy (non-hydrogen) atoms. The van der Waals surface area contributed by atoms with E-state index in [2.05, 4.69) is 10.6 Å². The molecule has 1 unspecified atom stereocenters. The smallest absolute Gasteiger partial charge is 0.371 e. The van der Waals surface area contributed by atoms with Crippen LogP contribution in [0.15, 0.2) is 16.5 Å². The van der Waals surface area contributed by atoms with E-state index in [0.29, 0.717) is 12.4 Å². The zero-order chi connectivity index (χ0) is 15.0. The summed E-state index contributed by atoms with van der Waals surface area (Å²) in [6.07, 6.45) is 1.76. The first kappa shape index (κ1) is 16.0. The van der Waals surface area contributed by atoms with Gasteiger partial charge in [0.25, 0.3) is 0 Å². The Kier molecular flexibility index (Phi) is 6.58. The summed E-state index contributed by atoms with van der Waals surface area (Å²) in [5.74, 6) is -0.898. The summed E-state index contributed by atoms with van der Waals surface area (Å²) in [4.78, 5) is 22.3. The second kappa shape index (κ2) is 8.21. The molecule has 0 aliphatic carbocycles. The molecule has 112 valence electrons. The van der Waals surface area contributed by atoms with Crippen LogP contribution in [0.1, 0.15) is 36.1 Å². The molecule has 3 N–H and O–H groups in total. The van der Waals surface area contributed by atoms with E-state index < -0.39 is 5.97 Å². The van der Waals surface area contributed by atoms with Crippen molar-refractivity contribution in [2.45, 2.75) is 32.4 Å². The number of carboxylic acids is 1. The van der Waals surface area contributed by atoms with Crippen LogP contribution in [-0.4, -0.2) is 36.9 Å². The lowest BCUT2D eigenvalue weighted by molar-refractivity contribution is 0.0660. The quantitative estimate of drug-likeness (QED) is 0.673. The maximum absolute atomic E-state index is 11.7. The number of methoxy groups -OCH3 is 1. The second-order valence-corrected chi connectivity index (χ2v) is 4.34. The van der Waals surface area contributed by atoms with Crippen molar-refractivity contribution in [3.05, 3.63) is 23.7 Å². The predicted molar refractivity (Wildman–Crippen MR) is 71.6 cm³/mol. The Morgan fingerprint density at radius 3 is 2.75 bits per heavy atom. The van der Waals surface area contributed by atoms with Crippen LogP contribution in [0.4, 0.5) is 4.79 Å². The highest BCUT2D eigenvalue weighted by molar-refractivity contribution is 5.84. The maximum atomic E-state index is 11.7. The van der Waals surface area contributed by atoms with E-state index in [1.807, 2.05) is 6.92 Å². The van der Waals surface area contributed by atoms with Crippen LogP contribution in [-0.2, 0) is 11.3 Å². The number of carbonyl (C=O) groups excluding carboxylic acids is 1. The molecule has 7 nitrogen and oxygen atoms in total. The molecule has 0 saturated heterocycles. The first-order valence-corrected chi connectivity index (χ1v) is 6.42. The molecule has 0 aromatic carbocycles. The Morgan fingerprint density at radius 2 is 2.20 bits per heavy atom. The zero-order valence-corrected chi connectivity index (χ0v) is 11.6. The van der Waals surface area contributed by atoms with Crippen LogP contribution in [0.2, 0.25) is 0 Å². The lowest BCUT2D eigenvalue weighted by Gasteiger charge is -2.17. The van der Waals surface area contributed by atoms with Gasteiger partial charge in [0.15, 0.2) is 0 Å². The highest BCUT2D eigenvalue weighted by atomic mass is 16.5. The number of aromatic carboxylic acids is 1. The molecule has 1 aromatic heterocycles.